The zero-order valence-electron chi connectivity index (χ0n) is 12.5. The van der Waals surface area contributed by atoms with Crippen molar-refractivity contribution in [3.05, 3.63) is 65.2 Å². The van der Waals surface area contributed by atoms with Crippen LogP contribution < -0.4 is 0 Å². The Kier molecular flexibility index (Phi) is 4.94. The van der Waals surface area contributed by atoms with Crippen LogP contribution in [0.25, 0.3) is 17.2 Å². The lowest BCUT2D eigenvalue weighted by Crippen LogP contribution is -1.99. The molecule has 0 bridgehead atoms. The highest BCUT2D eigenvalue weighted by Crippen LogP contribution is 2.26. The summed E-state index contributed by atoms with van der Waals surface area (Å²) in [4.78, 5) is 11.4. The van der Waals surface area contributed by atoms with Gasteiger partial charge in [0.2, 0.25) is 0 Å². The fourth-order valence-corrected chi connectivity index (χ4v) is 2.21. The fraction of sp³-hybridized carbons (Fsp3) is 0.211. The van der Waals surface area contributed by atoms with Crippen LogP contribution in [0, 0.1) is 6.92 Å². The van der Waals surface area contributed by atoms with Gasteiger partial charge in [0, 0.05) is 0 Å². The van der Waals surface area contributed by atoms with Crippen molar-refractivity contribution in [2.24, 2.45) is 0 Å². The summed E-state index contributed by atoms with van der Waals surface area (Å²) >= 11 is 0. The van der Waals surface area contributed by atoms with Crippen molar-refractivity contribution >= 4 is 12.0 Å². The Morgan fingerprint density at radius 3 is 2.48 bits per heavy atom. The van der Waals surface area contributed by atoms with Crippen molar-refractivity contribution in [1.29, 1.82) is 0 Å². The van der Waals surface area contributed by atoms with Crippen molar-refractivity contribution in [3.8, 4) is 11.1 Å². The molecule has 2 heteroatoms. The van der Waals surface area contributed by atoms with E-state index in [0.717, 1.165) is 35.1 Å². The van der Waals surface area contributed by atoms with Crippen molar-refractivity contribution in [3.63, 3.8) is 0 Å². The normalized spacial score (nSPS) is 11.0. The second-order valence-corrected chi connectivity index (χ2v) is 5.17. The number of carbonyl (C=O) groups is 1. The van der Waals surface area contributed by atoms with Gasteiger partial charge in [-0.25, -0.2) is 4.79 Å². The molecular formula is C19H20O2. The van der Waals surface area contributed by atoms with Crippen molar-refractivity contribution < 1.29 is 9.90 Å². The summed E-state index contributed by atoms with van der Waals surface area (Å²) in [5.41, 5.74) is 4.23. The second kappa shape index (κ2) is 6.89. The first kappa shape index (κ1) is 15.0. The summed E-state index contributed by atoms with van der Waals surface area (Å²) in [6, 6.07) is 13.4. The van der Waals surface area contributed by atoms with E-state index in [1.54, 1.807) is 6.07 Å². The van der Waals surface area contributed by atoms with Crippen LogP contribution in [0.5, 0.6) is 0 Å². The Bertz CT molecular complexity index is 652. The maximum absolute atomic E-state index is 11.4. The number of hydrogen-bond acceptors (Lipinski definition) is 1. The predicted molar refractivity (Wildman–Crippen MR) is 87.5 cm³/mol. The largest absolute Gasteiger partial charge is 0.478 e. The predicted octanol–water partition coefficient (Wildman–Crippen LogP) is 5.17. The van der Waals surface area contributed by atoms with Gasteiger partial charge < -0.3 is 5.11 Å². The van der Waals surface area contributed by atoms with Gasteiger partial charge in [0.25, 0.3) is 0 Å². The fourth-order valence-electron chi connectivity index (χ4n) is 2.21. The number of rotatable bonds is 5. The summed E-state index contributed by atoms with van der Waals surface area (Å²) in [5.74, 6) is -0.894. The van der Waals surface area contributed by atoms with E-state index >= 15 is 0 Å². The van der Waals surface area contributed by atoms with Crippen LogP contribution in [0.3, 0.4) is 0 Å². The van der Waals surface area contributed by atoms with Crippen LogP contribution in [0.1, 0.15) is 41.3 Å². The molecule has 0 atom stereocenters. The number of benzene rings is 2. The highest BCUT2D eigenvalue weighted by molar-refractivity contribution is 5.96. The molecule has 0 aliphatic carbocycles. The smallest absolute Gasteiger partial charge is 0.336 e. The first-order valence-corrected chi connectivity index (χ1v) is 7.22. The van der Waals surface area contributed by atoms with Crippen LogP contribution in [0.15, 0.2) is 48.5 Å². The first-order chi connectivity index (χ1) is 10.1. The SMILES string of the molecule is CCCC=Cc1ccc(C(=O)O)c(-c2ccc(C)cc2)c1. The number of carboxylic acid groups (broad SMARTS) is 1. The molecule has 0 unspecified atom stereocenters. The molecule has 108 valence electrons. The third kappa shape index (κ3) is 3.82. The highest BCUT2D eigenvalue weighted by atomic mass is 16.4. The average Bonchev–Trinajstić information content (AvgIpc) is 2.48. The molecule has 1 N–H and O–H groups in total. The Balaban J connectivity index is 2.46. The van der Waals surface area contributed by atoms with E-state index in [0.29, 0.717) is 5.56 Å². The molecule has 0 fully saturated rings. The summed E-state index contributed by atoms with van der Waals surface area (Å²) in [6.07, 6.45) is 6.30. The van der Waals surface area contributed by atoms with Crippen LogP contribution in [0.2, 0.25) is 0 Å². The zero-order chi connectivity index (χ0) is 15.2. The second-order valence-electron chi connectivity index (χ2n) is 5.17. The summed E-state index contributed by atoms with van der Waals surface area (Å²) in [6.45, 7) is 4.15. The van der Waals surface area contributed by atoms with Gasteiger partial charge in [0.15, 0.2) is 0 Å². The van der Waals surface area contributed by atoms with Crippen molar-refractivity contribution in [1.82, 2.24) is 0 Å². The molecule has 0 aliphatic heterocycles. The number of hydrogen-bond donors (Lipinski definition) is 1. The molecule has 0 saturated heterocycles. The van der Waals surface area contributed by atoms with E-state index in [9.17, 15) is 9.90 Å². The maximum Gasteiger partial charge on any atom is 0.336 e. The van der Waals surface area contributed by atoms with Crippen LogP contribution >= 0.6 is 0 Å². The lowest BCUT2D eigenvalue weighted by molar-refractivity contribution is 0.0697. The molecule has 21 heavy (non-hydrogen) atoms. The molecule has 2 aromatic rings. The van der Waals surface area contributed by atoms with Gasteiger partial charge in [-0.1, -0.05) is 61.4 Å². The Hall–Kier alpha value is -2.35. The minimum atomic E-state index is -0.894. The van der Waals surface area contributed by atoms with Crippen LogP contribution in [0.4, 0.5) is 0 Å². The number of allylic oxidation sites excluding steroid dienone is 1. The van der Waals surface area contributed by atoms with Crippen LogP contribution in [-0.4, -0.2) is 11.1 Å². The lowest BCUT2D eigenvalue weighted by atomic mass is 9.96. The average molecular weight is 280 g/mol. The number of aromatic carboxylic acids is 1. The van der Waals surface area contributed by atoms with Gasteiger partial charge in [-0.15, -0.1) is 0 Å². The monoisotopic (exact) mass is 280 g/mol. The van der Waals surface area contributed by atoms with Gasteiger partial charge >= 0.3 is 5.97 Å². The maximum atomic E-state index is 11.4. The van der Waals surface area contributed by atoms with E-state index < -0.39 is 5.97 Å². The minimum absolute atomic E-state index is 0.339. The van der Waals surface area contributed by atoms with Gasteiger partial charge in [-0.2, -0.15) is 0 Å². The third-order valence-electron chi connectivity index (χ3n) is 3.40. The van der Waals surface area contributed by atoms with Gasteiger partial charge in [-0.3, -0.25) is 0 Å². The molecule has 0 spiro atoms. The van der Waals surface area contributed by atoms with E-state index in [4.69, 9.17) is 0 Å². The highest BCUT2D eigenvalue weighted by Gasteiger charge is 2.11. The van der Waals surface area contributed by atoms with E-state index in [-0.39, 0.29) is 0 Å². The molecule has 0 saturated carbocycles. The molecule has 0 heterocycles. The molecule has 2 nitrogen and oxygen atoms in total. The molecule has 0 aliphatic rings. The summed E-state index contributed by atoms with van der Waals surface area (Å²) in [7, 11) is 0. The van der Waals surface area contributed by atoms with Gasteiger partial charge in [-0.05, 0) is 42.2 Å². The van der Waals surface area contributed by atoms with Crippen molar-refractivity contribution in [2.75, 3.05) is 0 Å². The zero-order valence-corrected chi connectivity index (χ0v) is 12.5. The molecular weight excluding hydrogens is 260 g/mol. The summed E-state index contributed by atoms with van der Waals surface area (Å²) < 4.78 is 0. The van der Waals surface area contributed by atoms with Gasteiger partial charge in [0.05, 0.1) is 5.56 Å². The lowest BCUT2D eigenvalue weighted by Gasteiger charge is -2.08. The molecule has 0 radical (unpaired) electrons. The molecule has 2 rings (SSSR count). The van der Waals surface area contributed by atoms with Crippen LogP contribution in [-0.2, 0) is 0 Å². The third-order valence-corrected chi connectivity index (χ3v) is 3.40. The topological polar surface area (TPSA) is 37.3 Å². The number of unbranched alkanes of at least 4 members (excludes halogenated alkanes) is 1. The van der Waals surface area contributed by atoms with E-state index in [1.807, 2.05) is 49.4 Å². The number of aryl methyl sites for hydroxylation is 1. The quantitative estimate of drug-likeness (QED) is 0.820. The van der Waals surface area contributed by atoms with Gasteiger partial charge in [0.1, 0.15) is 0 Å². The minimum Gasteiger partial charge on any atom is -0.478 e. The Morgan fingerprint density at radius 1 is 1.14 bits per heavy atom. The summed E-state index contributed by atoms with van der Waals surface area (Å²) in [5, 5.41) is 9.37. The standard InChI is InChI=1S/C19H20O2/c1-3-4-5-6-15-9-12-17(19(20)21)18(13-15)16-10-7-14(2)8-11-16/h5-13H,3-4H2,1-2H3,(H,20,21). The Labute approximate surface area is 125 Å². The Morgan fingerprint density at radius 2 is 1.86 bits per heavy atom. The molecule has 2 aromatic carbocycles. The van der Waals surface area contributed by atoms with Crippen molar-refractivity contribution in [2.45, 2.75) is 26.7 Å². The van der Waals surface area contributed by atoms with E-state index in [1.165, 1.54) is 0 Å². The first-order valence-electron chi connectivity index (χ1n) is 7.22. The van der Waals surface area contributed by atoms with E-state index in [2.05, 4.69) is 13.0 Å². The molecule has 0 aromatic heterocycles. The molecule has 0 amide bonds. The number of carboxylic acids is 1.